The summed E-state index contributed by atoms with van der Waals surface area (Å²) in [6.07, 6.45) is 13.1. The van der Waals surface area contributed by atoms with E-state index in [1.807, 2.05) is 6.08 Å². The zero-order valence-electron chi connectivity index (χ0n) is 14.8. The maximum absolute atomic E-state index is 14.4. The van der Waals surface area contributed by atoms with Crippen molar-refractivity contribution in [3.63, 3.8) is 0 Å². The van der Waals surface area contributed by atoms with Crippen LogP contribution in [-0.2, 0) is 0 Å². The molecule has 24 heavy (non-hydrogen) atoms. The number of unbranched alkanes of at least 4 members (excludes halogenated alkanes) is 2. The normalized spacial score (nSPS) is 18.0. The van der Waals surface area contributed by atoms with Gasteiger partial charge in [0.2, 0.25) is 5.82 Å². The van der Waals surface area contributed by atoms with Crippen molar-refractivity contribution in [2.45, 2.75) is 58.8 Å². The molecule has 3 heteroatoms. The highest BCUT2D eigenvalue weighted by Crippen LogP contribution is 2.34. The molecule has 132 valence electrons. The van der Waals surface area contributed by atoms with E-state index in [-0.39, 0.29) is 5.75 Å². The summed E-state index contributed by atoms with van der Waals surface area (Å²) in [6, 6.07) is 3.21. The van der Waals surface area contributed by atoms with Gasteiger partial charge in [-0.15, -0.1) is 0 Å². The maximum Gasteiger partial charge on any atom is 0.201 e. The first-order valence-corrected chi connectivity index (χ1v) is 9.14. The van der Waals surface area contributed by atoms with Crippen LogP contribution in [0.2, 0.25) is 0 Å². The van der Waals surface area contributed by atoms with Crippen molar-refractivity contribution in [3.8, 4) is 5.75 Å². The largest absolute Gasteiger partial charge is 0.490 e. The van der Waals surface area contributed by atoms with Crippen molar-refractivity contribution in [3.05, 3.63) is 47.6 Å². The first-order valence-electron chi connectivity index (χ1n) is 9.14. The minimum Gasteiger partial charge on any atom is -0.490 e. The highest BCUT2D eigenvalue weighted by Gasteiger charge is 2.20. The summed E-state index contributed by atoms with van der Waals surface area (Å²) in [5, 5.41) is 0. The third-order valence-electron chi connectivity index (χ3n) is 4.49. The Balaban J connectivity index is 2.05. The van der Waals surface area contributed by atoms with Gasteiger partial charge in [0.25, 0.3) is 0 Å². The summed E-state index contributed by atoms with van der Waals surface area (Å²) in [5.41, 5.74) is 1.29. The topological polar surface area (TPSA) is 9.23 Å². The number of rotatable bonds is 8. The molecule has 1 aromatic carbocycles. The highest BCUT2D eigenvalue weighted by molar-refractivity contribution is 5.67. The molecular weight excluding hydrogens is 306 g/mol. The number of hydrogen-bond acceptors (Lipinski definition) is 1. The smallest absolute Gasteiger partial charge is 0.201 e. The lowest BCUT2D eigenvalue weighted by Crippen LogP contribution is -2.06. The Bertz CT molecular complexity index is 590. The fraction of sp³-hybridized carbons (Fsp3) is 0.524. The van der Waals surface area contributed by atoms with Gasteiger partial charge in [-0.1, -0.05) is 44.9 Å². The Kier molecular flexibility index (Phi) is 7.48. The van der Waals surface area contributed by atoms with Gasteiger partial charge in [-0.25, -0.2) is 4.39 Å². The SMILES string of the molecule is CCC=CC1CC=C(c2ccc(OCCCCC)c(F)c2F)CC1. The second kappa shape index (κ2) is 9.61. The van der Waals surface area contributed by atoms with E-state index in [1.165, 1.54) is 0 Å². The van der Waals surface area contributed by atoms with E-state index >= 15 is 0 Å². The van der Waals surface area contributed by atoms with Gasteiger partial charge >= 0.3 is 0 Å². The van der Waals surface area contributed by atoms with E-state index < -0.39 is 11.6 Å². The highest BCUT2D eigenvalue weighted by atomic mass is 19.2. The molecule has 0 heterocycles. The zero-order valence-corrected chi connectivity index (χ0v) is 14.8. The van der Waals surface area contributed by atoms with Crippen LogP contribution in [0.5, 0.6) is 5.75 Å². The van der Waals surface area contributed by atoms with E-state index in [9.17, 15) is 8.78 Å². The van der Waals surface area contributed by atoms with Gasteiger partial charge in [0.15, 0.2) is 11.6 Å². The Morgan fingerprint density at radius 3 is 2.67 bits per heavy atom. The number of hydrogen-bond donors (Lipinski definition) is 0. The molecule has 1 aliphatic rings. The molecule has 0 radical (unpaired) electrons. The Labute approximate surface area is 144 Å². The van der Waals surface area contributed by atoms with Gasteiger partial charge in [0.05, 0.1) is 6.61 Å². The molecule has 0 aromatic heterocycles. The lowest BCUT2D eigenvalue weighted by Gasteiger charge is -2.20. The van der Waals surface area contributed by atoms with Crippen LogP contribution in [0.15, 0.2) is 30.4 Å². The predicted octanol–water partition coefficient (Wildman–Crippen LogP) is 6.68. The number of halogens is 2. The number of benzene rings is 1. The molecule has 0 saturated carbocycles. The van der Waals surface area contributed by atoms with Crippen molar-refractivity contribution in [1.82, 2.24) is 0 Å². The summed E-state index contributed by atoms with van der Waals surface area (Å²) in [4.78, 5) is 0. The van der Waals surface area contributed by atoms with Gasteiger partial charge in [-0.05, 0) is 55.7 Å². The zero-order chi connectivity index (χ0) is 17.4. The average molecular weight is 334 g/mol. The Hall–Kier alpha value is -1.64. The van der Waals surface area contributed by atoms with Crippen LogP contribution in [0.1, 0.15) is 64.4 Å². The molecule has 0 N–H and O–H groups in total. The van der Waals surface area contributed by atoms with E-state index in [2.05, 4.69) is 26.0 Å². The monoisotopic (exact) mass is 334 g/mol. The van der Waals surface area contributed by atoms with Crippen LogP contribution in [-0.4, -0.2) is 6.61 Å². The van der Waals surface area contributed by atoms with Gasteiger partial charge in [-0.3, -0.25) is 0 Å². The van der Waals surface area contributed by atoms with Crippen molar-refractivity contribution < 1.29 is 13.5 Å². The first kappa shape index (κ1) is 18.7. The lowest BCUT2D eigenvalue weighted by molar-refractivity contribution is 0.286. The quantitative estimate of drug-likeness (QED) is 0.380. The van der Waals surface area contributed by atoms with Gasteiger partial charge in [0.1, 0.15) is 0 Å². The van der Waals surface area contributed by atoms with Crippen molar-refractivity contribution in [2.75, 3.05) is 6.61 Å². The summed E-state index contributed by atoms with van der Waals surface area (Å²) in [7, 11) is 0. The van der Waals surface area contributed by atoms with Gasteiger partial charge in [-0.2, -0.15) is 4.39 Å². The summed E-state index contributed by atoms with van der Waals surface area (Å²) in [6.45, 7) is 4.64. The molecule has 0 aliphatic heterocycles. The van der Waals surface area contributed by atoms with Crippen molar-refractivity contribution in [2.24, 2.45) is 5.92 Å². The van der Waals surface area contributed by atoms with E-state index in [4.69, 9.17) is 4.74 Å². The fourth-order valence-corrected chi connectivity index (χ4v) is 3.03. The summed E-state index contributed by atoms with van der Waals surface area (Å²) in [5.74, 6) is -1.11. The van der Waals surface area contributed by atoms with Crippen LogP contribution in [0.4, 0.5) is 8.78 Å². The minimum absolute atomic E-state index is 0.0209. The fourth-order valence-electron chi connectivity index (χ4n) is 3.03. The minimum atomic E-state index is -0.863. The Morgan fingerprint density at radius 1 is 1.17 bits per heavy atom. The standard InChI is InChI=1S/C21H28F2O/c1-3-5-7-15-24-19-14-13-18(20(22)21(19)23)17-11-9-16(10-12-17)8-6-4-2/h6,8,11,13-14,16H,3-5,7,9-10,12,15H2,1-2H3. The van der Waals surface area contributed by atoms with Crippen LogP contribution >= 0.6 is 0 Å². The molecular formula is C21H28F2O. The molecule has 1 atom stereocenters. The van der Waals surface area contributed by atoms with Crippen LogP contribution in [0.25, 0.3) is 5.57 Å². The molecule has 2 rings (SSSR count). The van der Waals surface area contributed by atoms with Crippen LogP contribution in [0, 0.1) is 17.6 Å². The summed E-state index contributed by atoms with van der Waals surface area (Å²) >= 11 is 0. The van der Waals surface area contributed by atoms with Gasteiger partial charge in [0, 0.05) is 5.56 Å². The summed E-state index contributed by atoms with van der Waals surface area (Å²) < 4.78 is 34.0. The molecule has 1 unspecified atom stereocenters. The lowest BCUT2D eigenvalue weighted by atomic mass is 9.86. The second-order valence-electron chi connectivity index (χ2n) is 6.40. The third-order valence-corrected chi connectivity index (χ3v) is 4.49. The molecule has 1 nitrogen and oxygen atoms in total. The molecule has 0 saturated heterocycles. The van der Waals surface area contributed by atoms with Crippen molar-refractivity contribution in [1.29, 1.82) is 0 Å². The maximum atomic E-state index is 14.4. The molecule has 0 fully saturated rings. The van der Waals surface area contributed by atoms with E-state index in [0.29, 0.717) is 18.1 Å². The molecule has 1 aromatic rings. The molecule has 0 spiro atoms. The molecule has 1 aliphatic carbocycles. The number of ether oxygens (including phenoxy) is 1. The number of allylic oxidation sites excluding steroid dienone is 4. The molecule has 0 bridgehead atoms. The van der Waals surface area contributed by atoms with Crippen LogP contribution in [0.3, 0.4) is 0 Å². The Morgan fingerprint density at radius 2 is 2.00 bits per heavy atom. The third kappa shape index (κ3) is 4.93. The van der Waals surface area contributed by atoms with E-state index in [0.717, 1.165) is 50.5 Å². The van der Waals surface area contributed by atoms with Crippen LogP contribution < -0.4 is 4.74 Å². The van der Waals surface area contributed by atoms with Crippen molar-refractivity contribution >= 4 is 5.57 Å². The second-order valence-corrected chi connectivity index (χ2v) is 6.40. The molecule has 0 amide bonds. The average Bonchev–Trinajstić information content (AvgIpc) is 2.61. The van der Waals surface area contributed by atoms with E-state index in [1.54, 1.807) is 12.1 Å². The predicted molar refractivity (Wildman–Crippen MR) is 96.1 cm³/mol. The first-order chi connectivity index (χ1) is 11.7. The van der Waals surface area contributed by atoms with Gasteiger partial charge < -0.3 is 4.74 Å².